The molecule has 2 atom stereocenters. The van der Waals surface area contributed by atoms with Crippen LogP contribution in [0.4, 0.5) is 4.79 Å². The van der Waals surface area contributed by atoms with Crippen molar-refractivity contribution in [2.75, 3.05) is 33.4 Å². The summed E-state index contributed by atoms with van der Waals surface area (Å²) in [4.78, 5) is 21.9. The molecule has 2 unspecified atom stereocenters. The molecule has 16 heavy (non-hydrogen) atoms. The van der Waals surface area contributed by atoms with Gasteiger partial charge < -0.3 is 25.8 Å². The molecule has 92 valence electrons. The average molecular weight is 231 g/mol. The second-order valence-corrected chi connectivity index (χ2v) is 3.50. The largest absolute Gasteiger partial charge is 0.448 e. The fourth-order valence-electron chi connectivity index (χ4n) is 1.55. The molecular formula is C9H17N3O4. The molecule has 0 aromatic rings. The maximum absolute atomic E-state index is 11.7. The first-order valence-electron chi connectivity index (χ1n) is 5.10. The van der Waals surface area contributed by atoms with Crippen molar-refractivity contribution < 1.29 is 19.1 Å². The Balaban J connectivity index is 2.21. The highest BCUT2D eigenvalue weighted by Gasteiger charge is 2.32. The maximum Gasteiger partial charge on any atom is 0.404 e. The minimum Gasteiger partial charge on any atom is -0.448 e. The fourth-order valence-corrected chi connectivity index (χ4v) is 1.55. The predicted octanol–water partition coefficient (Wildman–Crippen LogP) is -1.57. The second kappa shape index (κ2) is 6.29. The molecule has 7 heteroatoms. The van der Waals surface area contributed by atoms with Crippen molar-refractivity contribution in [3.05, 3.63) is 0 Å². The number of likely N-dealkylation sites (N-methyl/N-ethyl adjacent to an activating group) is 1. The molecular weight excluding hydrogens is 214 g/mol. The minimum atomic E-state index is -0.841. The van der Waals surface area contributed by atoms with Crippen molar-refractivity contribution in [1.82, 2.24) is 10.6 Å². The molecule has 0 spiro atoms. The van der Waals surface area contributed by atoms with Crippen LogP contribution in [0, 0.1) is 5.92 Å². The lowest BCUT2D eigenvalue weighted by Crippen LogP contribution is -2.43. The molecule has 0 radical (unpaired) electrons. The van der Waals surface area contributed by atoms with E-state index >= 15 is 0 Å². The van der Waals surface area contributed by atoms with Gasteiger partial charge in [-0.3, -0.25) is 4.79 Å². The van der Waals surface area contributed by atoms with E-state index in [0.717, 1.165) is 0 Å². The van der Waals surface area contributed by atoms with E-state index in [4.69, 9.17) is 10.5 Å². The summed E-state index contributed by atoms with van der Waals surface area (Å²) in [6, 6.07) is 0.0389. The zero-order valence-corrected chi connectivity index (χ0v) is 9.19. The van der Waals surface area contributed by atoms with Gasteiger partial charge in [0.1, 0.15) is 6.61 Å². The molecule has 1 aliphatic heterocycles. The topological polar surface area (TPSA) is 103 Å². The number of carbonyl (C=O) groups excluding carboxylic acids is 2. The van der Waals surface area contributed by atoms with Gasteiger partial charge in [-0.25, -0.2) is 4.79 Å². The van der Waals surface area contributed by atoms with Gasteiger partial charge in [0, 0.05) is 6.04 Å². The predicted molar refractivity (Wildman–Crippen MR) is 55.7 cm³/mol. The number of nitrogens with two attached hydrogens (primary N) is 1. The zero-order valence-electron chi connectivity index (χ0n) is 9.19. The number of amides is 2. The van der Waals surface area contributed by atoms with Crippen molar-refractivity contribution in [2.24, 2.45) is 11.7 Å². The van der Waals surface area contributed by atoms with Crippen molar-refractivity contribution in [1.29, 1.82) is 0 Å². The van der Waals surface area contributed by atoms with E-state index < -0.39 is 6.09 Å². The molecule has 1 fully saturated rings. The molecule has 1 heterocycles. The van der Waals surface area contributed by atoms with E-state index in [1.807, 2.05) is 0 Å². The third-order valence-electron chi connectivity index (χ3n) is 2.43. The number of ether oxygens (including phenoxy) is 2. The van der Waals surface area contributed by atoms with Gasteiger partial charge in [0.15, 0.2) is 0 Å². The molecule has 1 rings (SSSR count). The molecule has 0 aromatic heterocycles. The van der Waals surface area contributed by atoms with Crippen LogP contribution < -0.4 is 16.4 Å². The quantitative estimate of drug-likeness (QED) is 0.496. The second-order valence-electron chi connectivity index (χ2n) is 3.50. The Morgan fingerprint density at radius 1 is 1.50 bits per heavy atom. The van der Waals surface area contributed by atoms with Crippen molar-refractivity contribution >= 4 is 12.0 Å². The van der Waals surface area contributed by atoms with Crippen molar-refractivity contribution in [3.8, 4) is 0 Å². The standard InChI is InChI=1S/C9H17N3O4/c1-11-7-5-15-4-6(7)8(13)12-2-3-16-9(10)14/h6-7,11H,2-5H2,1H3,(H2,10,14)(H,12,13). The Hall–Kier alpha value is -1.34. The maximum atomic E-state index is 11.7. The summed E-state index contributed by atoms with van der Waals surface area (Å²) in [6.45, 7) is 1.29. The summed E-state index contributed by atoms with van der Waals surface area (Å²) in [5.74, 6) is -0.302. The highest BCUT2D eigenvalue weighted by molar-refractivity contribution is 5.79. The van der Waals surface area contributed by atoms with Gasteiger partial charge >= 0.3 is 6.09 Å². The molecule has 1 saturated heterocycles. The highest BCUT2D eigenvalue weighted by Crippen LogP contribution is 2.12. The van der Waals surface area contributed by atoms with Crippen LogP contribution in [0.3, 0.4) is 0 Å². The van der Waals surface area contributed by atoms with Gasteiger partial charge in [0.2, 0.25) is 5.91 Å². The van der Waals surface area contributed by atoms with E-state index in [9.17, 15) is 9.59 Å². The van der Waals surface area contributed by atoms with Gasteiger partial charge in [-0.05, 0) is 7.05 Å². The number of hydrogen-bond acceptors (Lipinski definition) is 5. The number of hydrogen-bond donors (Lipinski definition) is 3. The van der Waals surface area contributed by atoms with Crippen LogP contribution in [-0.2, 0) is 14.3 Å². The van der Waals surface area contributed by atoms with Crippen LogP contribution in [0.2, 0.25) is 0 Å². The number of nitrogens with one attached hydrogen (secondary N) is 2. The molecule has 7 nitrogen and oxygen atoms in total. The Kier molecular flexibility index (Phi) is 5.00. The first-order chi connectivity index (χ1) is 7.65. The van der Waals surface area contributed by atoms with Gasteiger partial charge in [0.25, 0.3) is 0 Å². The highest BCUT2D eigenvalue weighted by atomic mass is 16.5. The lowest BCUT2D eigenvalue weighted by Gasteiger charge is -2.16. The summed E-state index contributed by atoms with van der Waals surface area (Å²) in [5, 5.41) is 5.66. The molecule has 2 amide bonds. The smallest absolute Gasteiger partial charge is 0.404 e. The van der Waals surface area contributed by atoms with Crippen LogP contribution in [0.5, 0.6) is 0 Å². The summed E-state index contributed by atoms with van der Waals surface area (Å²) < 4.78 is 9.68. The van der Waals surface area contributed by atoms with Crippen LogP contribution in [-0.4, -0.2) is 51.5 Å². The molecule has 0 aromatic carbocycles. The lowest BCUT2D eigenvalue weighted by molar-refractivity contribution is -0.125. The number of carbonyl (C=O) groups is 2. The first kappa shape index (κ1) is 12.7. The van der Waals surface area contributed by atoms with Gasteiger partial charge in [-0.1, -0.05) is 0 Å². The van der Waals surface area contributed by atoms with Gasteiger partial charge in [-0.15, -0.1) is 0 Å². The van der Waals surface area contributed by atoms with E-state index in [0.29, 0.717) is 13.2 Å². The van der Waals surface area contributed by atoms with Gasteiger partial charge in [-0.2, -0.15) is 0 Å². The minimum absolute atomic E-state index is 0.0389. The summed E-state index contributed by atoms with van der Waals surface area (Å²) in [5.41, 5.74) is 4.77. The summed E-state index contributed by atoms with van der Waals surface area (Å²) in [6.07, 6.45) is -0.841. The van der Waals surface area contributed by atoms with Crippen LogP contribution >= 0.6 is 0 Å². The van der Waals surface area contributed by atoms with Crippen LogP contribution in [0.1, 0.15) is 0 Å². The number of primary amides is 1. The van der Waals surface area contributed by atoms with E-state index in [-0.39, 0.29) is 31.0 Å². The Morgan fingerprint density at radius 2 is 2.25 bits per heavy atom. The average Bonchev–Trinajstić information content (AvgIpc) is 2.71. The van der Waals surface area contributed by atoms with Crippen LogP contribution in [0.25, 0.3) is 0 Å². The molecule has 1 aliphatic rings. The van der Waals surface area contributed by atoms with Gasteiger partial charge in [0.05, 0.1) is 25.7 Å². The van der Waals surface area contributed by atoms with Crippen LogP contribution in [0.15, 0.2) is 0 Å². The monoisotopic (exact) mass is 231 g/mol. The summed E-state index contributed by atoms with van der Waals surface area (Å²) >= 11 is 0. The first-order valence-corrected chi connectivity index (χ1v) is 5.10. The Labute approximate surface area is 93.6 Å². The van der Waals surface area contributed by atoms with E-state index in [2.05, 4.69) is 15.4 Å². The lowest BCUT2D eigenvalue weighted by atomic mass is 10.0. The van der Waals surface area contributed by atoms with E-state index in [1.165, 1.54) is 0 Å². The zero-order chi connectivity index (χ0) is 12.0. The Bertz CT molecular complexity index is 259. The summed E-state index contributed by atoms with van der Waals surface area (Å²) in [7, 11) is 1.79. The molecule has 4 N–H and O–H groups in total. The third kappa shape index (κ3) is 3.67. The fraction of sp³-hybridized carbons (Fsp3) is 0.778. The molecule has 0 aliphatic carbocycles. The number of rotatable bonds is 5. The third-order valence-corrected chi connectivity index (χ3v) is 2.43. The SMILES string of the molecule is CNC1COCC1C(=O)NCCOC(N)=O. The molecule has 0 bridgehead atoms. The molecule has 0 saturated carbocycles. The normalized spacial score (nSPS) is 24.1. The van der Waals surface area contributed by atoms with Crippen molar-refractivity contribution in [3.63, 3.8) is 0 Å². The van der Waals surface area contributed by atoms with Crippen molar-refractivity contribution in [2.45, 2.75) is 6.04 Å². The Morgan fingerprint density at radius 3 is 2.88 bits per heavy atom. The van der Waals surface area contributed by atoms with E-state index in [1.54, 1.807) is 7.05 Å².